The Morgan fingerprint density at radius 3 is 2.50 bits per heavy atom. The van der Waals surface area contributed by atoms with Crippen molar-refractivity contribution in [2.24, 2.45) is 0 Å². The number of aliphatic hydroxyl groups excluding tert-OH is 1. The highest BCUT2D eigenvalue weighted by Gasteiger charge is 2.12. The van der Waals surface area contributed by atoms with Gasteiger partial charge < -0.3 is 5.11 Å². The first-order valence-electron chi connectivity index (χ1n) is 6.03. The number of nitro benzene ring substituents is 1. The van der Waals surface area contributed by atoms with Gasteiger partial charge in [-0.15, -0.1) is 0 Å². The molecule has 20 heavy (non-hydrogen) atoms. The largest absolute Gasteiger partial charge is 0.462 e. The molecule has 6 heteroatoms. The number of rotatable bonds is 3. The van der Waals surface area contributed by atoms with Crippen LogP contribution in [0.3, 0.4) is 0 Å². The lowest BCUT2D eigenvalue weighted by Gasteiger charge is -2.03. The van der Waals surface area contributed by atoms with E-state index in [1.807, 2.05) is 20.0 Å². The fraction of sp³-hybridized carbons (Fsp3) is 0.214. The molecular weight excluding hydrogens is 258 g/mol. The van der Waals surface area contributed by atoms with Crippen LogP contribution in [0.4, 0.5) is 5.69 Å². The van der Waals surface area contributed by atoms with E-state index in [4.69, 9.17) is 5.11 Å². The zero-order valence-electron chi connectivity index (χ0n) is 11.1. The summed E-state index contributed by atoms with van der Waals surface area (Å²) in [4.78, 5) is 10.2. The molecule has 1 aromatic heterocycles. The van der Waals surface area contributed by atoms with Gasteiger partial charge in [-0.1, -0.05) is 13.8 Å². The van der Waals surface area contributed by atoms with Gasteiger partial charge in [0.2, 0.25) is 0 Å². The fourth-order valence-corrected chi connectivity index (χ4v) is 1.74. The van der Waals surface area contributed by atoms with Crippen LogP contribution in [0.25, 0.3) is 5.69 Å². The third kappa shape index (κ3) is 2.62. The number of nitro groups is 1. The van der Waals surface area contributed by atoms with Gasteiger partial charge in [0.1, 0.15) is 11.8 Å². The Morgan fingerprint density at radius 2 is 2.00 bits per heavy atom. The molecule has 0 unspecified atom stereocenters. The Morgan fingerprint density at radius 1 is 1.35 bits per heavy atom. The molecule has 1 heterocycles. The molecule has 0 amide bonds. The molecule has 0 radical (unpaired) electrons. The maximum atomic E-state index is 10.6. The molecule has 1 aromatic carbocycles. The minimum atomic E-state index is -0.457. The predicted molar refractivity (Wildman–Crippen MR) is 73.1 cm³/mol. The van der Waals surface area contributed by atoms with Gasteiger partial charge in [-0.05, 0) is 30.0 Å². The normalized spacial score (nSPS) is 10.2. The molecule has 0 aliphatic carbocycles. The zero-order valence-corrected chi connectivity index (χ0v) is 11.1. The molecular formula is C14H13N3O3. The van der Waals surface area contributed by atoms with Crippen LogP contribution in [0.1, 0.15) is 31.2 Å². The van der Waals surface area contributed by atoms with Crippen molar-refractivity contribution < 1.29 is 10.0 Å². The molecule has 0 spiro atoms. The monoisotopic (exact) mass is 271 g/mol. The molecule has 0 fully saturated rings. The number of hydrogen-bond acceptors (Lipinski definition) is 4. The van der Waals surface area contributed by atoms with Gasteiger partial charge in [-0.3, -0.25) is 10.1 Å². The summed E-state index contributed by atoms with van der Waals surface area (Å²) < 4.78 is 1.56. The topological polar surface area (TPSA) is 81.2 Å². The van der Waals surface area contributed by atoms with Crippen LogP contribution in [0, 0.1) is 22.1 Å². The summed E-state index contributed by atoms with van der Waals surface area (Å²) in [5, 5.41) is 23.8. The standard InChI is InChI=1S/C14H13N3O3/c1-10(2)14-9-13(7-8-18)16(15-14)11-3-5-12(6-4-11)17(19)20/h3-6,9-10,18H,1-2H3. The molecule has 102 valence electrons. The lowest BCUT2D eigenvalue weighted by Crippen LogP contribution is -2.01. The van der Waals surface area contributed by atoms with Gasteiger partial charge in [0, 0.05) is 12.1 Å². The minimum Gasteiger partial charge on any atom is -0.462 e. The third-order valence-electron chi connectivity index (χ3n) is 2.81. The van der Waals surface area contributed by atoms with Crippen LogP contribution in [0.15, 0.2) is 30.3 Å². The highest BCUT2D eigenvalue weighted by atomic mass is 16.6. The second-order valence-corrected chi connectivity index (χ2v) is 4.53. The second kappa shape index (κ2) is 5.45. The lowest BCUT2D eigenvalue weighted by atomic mass is 10.1. The van der Waals surface area contributed by atoms with Crippen molar-refractivity contribution in [3.05, 3.63) is 51.8 Å². The molecule has 2 aromatic rings. The number of aromatic nitrogens is 2. The van der Waals surface area contributed by atoms with E-state index in [9.17, 15) is 10.1 Å². The first kappa shape index (κ1) is 13.6. The van der Waals surface area contributed by atoms with Crippen LogP contribution in [0.5, 0.6) is 0 Å². The van der Waals surface area contributed by atoms with Gasteiger partial charge in [-0.25, -0.2) is 4.68 Å². The van der Waals surface area contributed by atoms with Crippen LogP contribution < -0.4 is 0 Å². The Bertz CT molecular complexity index is 691. The smallest absolute Gasteiger partial charge is 0.269 e. The van der Waals surface area contributed by atoms with Crippen LogP contribution in [-0.4, -0.2) is 19.8 Å². The molecule has 0 atom stereocenters. The van der Waals surface area contributed by atoms with E-state index in [1.54, 1.807) is 22.9 Å². The van der Waals surface area contributed by atoms with E-state index in [-0.39, 0.29) is 11.6 Å². The first-order valence-corrected chi connectivity index (χ1v) is 6.03. The molecule has 2 rings (SSSR count). The Kier molecular flexibility index (Phi) is 3.71. The van der Waals surface area contributed by atoms with Gasteiger partial charge in [0.05, 0.1) is 16.3 Å². The molecule has 0 aliphatic rings. The summed E-state index contributed by atoms with van der Waals surface area (Å²) in [5.41, 5.74) is 2.03. The average Bonchev–Trinajstić information content (AvgIpc) is 2.83. The molecule has 1 N–H and O–H groups in total. The first-order chi connectivity index (χ1) is 9.52. The van der Waals surface area contributed by atoms with E-state index in [0.717, 1.165) is 5.69 Å². The third-order valence-corrected chi connectivity index (χ3v) is 2.81. The molecule has 0 bridgehead atoms. The summed E-state index contributed by atoms with van der Waals surface area (Å²) in [6.07, 6.45) is 1.86. The molecule has 0 saturated carbocycles. The maximum Gasteiger partial charge on any atom is 0.269 e. The number of aliphatic hydroxyl groups is 1. The van der Waals surface area contributed by atoms with Crippen LogP contribution in [0.2, 0.25) is 0 Å². The van der Waals surface area contributed by atoms with E-state index >= 15 is 0 Å². The summed E-state index contributed by atoms with van der Waals surface area (Å²) in [5.74, 6) is 2.78. The fourth-order valence-electron chi connectivity index (χ4n) is 1.74. The Hall–Kier alpha value is -2.81. The lowest BCUT2D eigenvalue weighted by molar-refractivity contribution is -0.384. The van der Waals surface area contributed by atoms with E-state index in [0.29, 0.717) is 11.4 Å². The predicted octanol–water partition coefficient (Wildman–Crippen LogP) is 2.59. The quantitative estimate of drug-likeness (QED) is 0.528. The Balaban J connectivity index is 2.49. The van der Waals surface area contributed by atoms with Crippen molar-refractivity contribution >= 4 is 5.69 Å². The van der Waals surface area contributed by atoms with Crippen molar-refractivity contribution in [3.8, 4) is 17.7 Å². The van der Waals surface area contributed by atoms with Gasteiger partial charge in [-0.2, -0.15) is 5.10 Å². The van der Waals surface area contributed by atoms with Gasteiger partial charge in [0.25, 0.3) is 5.69 Å². The summed E-state index contributed by atoms with van der Waals surface area (Å²) >= 11 is 0. The van der Waals surface area contributed by atoms with Crippen LogP contribution in [-0.2, 0) is 0 Å². The highest BCUT2D eigenvalue weighted by Crippen LogP contribution is 2.20. The van der Waals surface area contributed by atoms with Crippen molar-refractivity contribution in [2.75, 3.05) is 0 Å². The molecule has 0 aliphatic heterocycles. The second-order valence-electron chi connectivity index (χ2n) is 4.53. The summed E-state index contributed by atoms with van der Waals surface area (Å²) in [6, 6.07) is 7.79. The van der Waals surface area contributed by atoms with Crippen molar-refractivity contribution in [2.45, 2.75) is 19.8 Å². The van der Waals surface area contributed by atoms with E-state index in [2.05, 4.69) is 11.0 Å². The minimum absolute atomic E-state index is 0.0137. The van der Waals surface area contributed by atoms with E-state index < -0.39 is 4.92 Å². The number of nitrogens with zero attached hydrogens (tertiary/aromatic N) is 3. The van der Waals surface area contributed by atoms with Crippen LogP contribution >= 0.6 is 0 Å². The van der Waals surface area contributed by atoms with Crippen molar-refractivity contribution in [1.29, 1.82) is 0 Å². The number of hydrogen-bond donors (Lipinski definition) is 1. The molecule has 6 nitrogen and oxygen atoms in total. The summed E-state index contributed by atoms with van der Waals surface area (Å²) in [6.45, 7) is 4.00. The Labute approximate surface area is 115 Å². The highest BCUT2D eigenvalue weighted by molar-refractivity contribution is 5.44. The number of non-ortho nitro benzene ring substituents is 1. The SMILES string of the molecule is CC(C)c1cc(C#CO)n(-c2ccc([N+](=O)[O-])cc2)n1. The summed E-state index contributed by atoms with van der Waals surface area (Å²) in [7, 11) is 0. The van der Waals surface area contributed by atoms with Gasteiger partial charge >= 0.3 is 0 Å². The van der Waals surface area contributed by atoms with Crippen molar-refractivity contribution in [1.82, 2.24) is 9.78 Å². The maximum absolute atomic E-state index is 10.6. The van der Waals surface area contributed by atoms with E-state index in [1.165, 1.54) is 12.1 Å². The van der Waals surface area contributed by atoms with Gasteiger partial charge in [0.15, 0.2) is 0 Å². The zero-order chi connectivity index (χ0) is 14.7. The van der Waals surface area contributed by atoms with Crippen molar-refractivity contribution in [3.63, 3.8) is 0 Å². The molecule has 0 saturated heterocycles. The average molecular weight is 271 g/mol. The number of benzene rings is 1.